The van der Waals surface area contributed by atoms with Gasteiger partial charge in [-0.2, -0.15) is 0 Å². The minimum absolute atomic E-state index is 0.112. The molecule has 1 aromatic heterocycles. The zero-order valence-electron chi connectivity index (χ0n) is 11.7. The van der Waals surface area contributed by atoms with Gasteiger partial charge in [0.2, 0.25) is 0 Å². The summed E-state index contributed by atoms with van der Waals surface area (Å²) in [5, 5.41) is 7.74. The lowest BCUT2D eigenvalue weighted by molar-refractivity contribution is 0.234. The molecule has 1 aromatic carbocycles. The van der Waals surface area contributed by atoms with E-state index in [1.165, 1.54) is 11.3 Å². The second-order valence-corrected chi connectivity index (χ2v) is 5.27. The lowest BCUT2D eigenvalue weighted by Gasteiger charge is -2.11. The monoisotopic (exact) mass is 291 g/mol. The van der Waals surface area contributed by atoms with Gasteiger partial charge in [0.15, 0.2) is 11.9 Å². The molecule has 106 valence electrons. The Labute approximate surface area is 122 Å². The molecular weight excluding hydrogens is 274 g/mol. The SMILES string of the molecule is Cc1csc(NC(=O)NCOc2cccc(C)c2C)n1. The van der Waals surface area contributed by atoms with Gasteiger partial charge in [0.1, 0.15) is 5.75 Å². The van der Waals surface area contributed by atoms with Crippen molar-refractivity contribution in [3.8, 4) is 5.75 Å². The van der Waals surface area contributed by atoms with E-state index in [0.717, 1.165) is 22.6 Å². The second kappa shape index (κ2) is 6.38. The first-order chi connectivity index (χ1) is 9.56. The normalized spacial score (nSPS) is 10.2. The highest BCUT2D eigenvalue weighted by Crippen LogP contribution is 2.20. The van der Waals surface area contributed by atoms with Gasteiger partial charge in [-0.05, 0) is 38.0 Å². The van der Waals surface area contributed by atoms with Gasteiger partial charge in [-0.25, -0.2) is 9.78 Å². The van der Waals surface area contributed by atoms with Crippen LogP contribution in [0.5, 0.6) is 5.75 Å². The maximum Gasteiger partial charge on any atom is 0.323 e. The number of nitrogens with zero attached hydrogens (tertiary/aromatic N) is 1. The molecule has 2 amide bonds. The number of carbonyl (C=O) groups is 1. The van der Waals surface area contributed by atoms with Gasteiger partial charge in [-0.1, -0.05) is 12.1 Å². The van der Waals surface area contributed by atoms with Crippen molar-refractivity contribution in [3.05, 3.63) is 40.4 Å². The number of aromatic nitrogens is 1. The third-order valence-electron chi connectivity index (χ3n) is 2.85. The summed E-state index contributed by atoms with van der Waals surface area (Å²) in [6, 6.07) is 5.50. The number of aryl methyl sites for hydroxylation is 2. The van der Waals surface area contributed by atoms with Crippen LogP contribution in [0.3, 0.4) is 0 Å². The molecule has 0 aliphatic rings. The number of hydrogen-bond donors (Lipinski definition) is 2. The molecule has 2 N–H and O–H groups in total. The van der Waals surface area contributed by atoms with Crippen molar-refractivity contribution in [2.24, 2.45) is 0 Å². The fraction of sp³-hybridized carbons (Fsp3) is 0.286. The van der Waals surface area contributed by atoms with Crippen molar-refractivity contribution < 1.29 is 9.53 Å². The van der Waals surface area contributed by atoms with Gasteiger partial charge < -0.3 is 10.1 Å². The molecule has 6 heteroatoms. The Balaban J connectivity index is 1.81. The Morgan fingerprint density at radius 1 is 1.35 bits per heavy atom. The molecule has 0 unspecified atom stereocenters. The Bertz CT molecular complexity index is 610. The standard InChI is InChI=1S/C14H17N3O2S/c1-9-5-4-6-12(11(9)3)19-8-15-13(18)17-14-16-10(2)7-20-14/h4-7H,8H2,1-3H3,(H2,15,16,17,18). The summed E-state index contributed by atoms with van der Waals surface area (Å²) in [5.41, 5.74) is 3.12. The fourth-order valence-electron chi connectivity index (χ4n) is 1.61. The number of carbonyl (C=O) groups excluding carboxylic acids is 1. The minimum Gasteiger partial charge on any atom is -0.473 e. The average molecular weight is 291 g/mol. The van der Waals surface area contributed by atoms with E-state index in [1.54, 1.807) is 0 Å². The van der Waals surface area contributed by atoms with Crippen LogP contribution in [0, 0.1) is 20.8 Å². The van der Waals surface area contributed by atoms with Crippen molar-refractivity contribution in [1.82, 2.24) is 10.3 Å². The number of urea groups is 1. The number of amides is 2. The van der Waals surface area contributed by atoms with E-state index in [1.807, 2.05) is 44.4 Å². The number of rotatable bonds is 4. The van der Waals surface area contributed by atoms with E-state index in [0.29, 0.717) is 5.13 Å². The average Bonchev–Trinajstić information content (AvgIpc) is 2.80. The smallest absolute Gasteiger partial charge is 0.323 e. The van der Waals surface area contributed by atoms with Crippen molar-refractivity contribution in [3.63, 3.8) is 0 Å². The number of hydrogen-bond acceptors (Lipinski definition) is 4. The van der Waals surface area contributed by atoms with E-state index >= 15 is 0 Å². The van der Waals surface area contributed by atoms with Crippen molar-refractivity contribution >= 4 is 22.5 Å². The fourth-order valence-corrected chi connectivity index (χ4v) is 2.30. The van der Waals surface area contributed by atoms with Crippen LogP contribution in [0.15, 0.2) is 23.6 Å². The maximum absolute atomic E-state index is 11.6. The molecule has 0 atom stereocenters. The highest BCUT2D eigenvalue weighted by molar-refractivity contribution is 7.13. The molecule has 0 fully saturated rings. The number of nitrogens with one attached hydrogen (secondary N) is 2. The van der Waals surface area contributed by atoms with Gasteiger partial charge in [0, 0.05) is 5.38 Å². The number of anilines is 1. The van der Waals surface area contributed by atoms with Gasteiger partial charge >= 0.3 is 6.03 Å². The first-order valence-electron chi connectivity index (χ1n) is 6.22. The van der Waals surface area contributed by atoms with Crippen molar-refractivity contribution in [2.75, 3.05) is 12.0 Å². The summed E-state index contributed by atoms with van der Waals surface area (Å²) < 4.78 is 5.54. The molecule has 0 saturated heterocycles. The van der Waals surface area contributed by atoms with Crippen LogP contribution < -0.4 is 15.4 Å². The molecule has 0 aliphatic carbocycles. The minimum atomic E-state index is -0.329. The van der Waals surface area contributed by atoms with Gasteiger partial charge in [-0.3, -0.25) is 5.32 Å². The predicted molar refractivity (Wildman–Crippen MR) is 80.4 cm³/mol. The number of benzene rings is 1. The Kier molecular flexibility index (Phi) is 4.57. The summed E-state index contributed by atoms with van der Waals surface area (Å²) in [6.07, 6.45) is 0. The molecule has 2 aromatic rings. The van der Waals surface area contributed by atoms with Crippen LogP contribution in [-0.4, -0.2) is 17.7 Å². The zero-order chi connectivity index (χ0) is 14.5. The summed E-state index contributed by atoms with van der Waals surface area (Å²) in [6.45, 7) is 6.00. The molecule has 5 nitrogen and oxygen atoms in total. The summed E-state index contributed by atoms with van der Waals surface area (Å²) in [4.78, 5) is 15.8. The Hall–Kier alpha value is -2.08. The van der Waals surface area contributed by atoms with Gasteiger partial charge in [0.25, 0.3) is 0 Å². The van der Waals surface area contributed by atoms with E-state index < -0.39 is 0 Å². The van der Waals surface area contributed by atoms with Gasteiger partial charge in [0.05, 0.1) is 5.69 Å². The molecule has 1 heterocycles. The van der Waals surface area contributed by atoms with Crippen molar-refractivity contribution in [2.45, 2.75) is 20.8 Å². The Morgan fingerprint density at radius 3 is 2.85 bits per heavy atom. The molecule has 0 aliphatic heterocycles. The summed E-state index contributed by atoms with van der Waals surface area (Å²) in [7, 11) is 0. The lowest BCUT2D eigenvalue weighted by Crippen LogP contribution is -2.32. The van der Waals surface area contributed by atoms with E-state index in [9.17, 15) is 4.79 Å². The van der Waals surface area contributed by atoms with Crippen LogP contribution in [0.1, 0.15) is 16.8 Å². The second-order valence-electron chi connectivity index (χ2n) is 4.41. The quantitative estimate of drug-likeness (QED) is 0.850. The highest BCUT2D eigenvalue weighted by atomic mass is 32.1. The topological polar surface area (TPSA) is 63.2 Å². The van der Waals surface area contributed by atoms with E-state index in [4.69, 9.17) is 4.74 Å². The van der Waals surface area contributed by atoms with Crippen LogP contribution in [0.25, 0.3) is 0 Å². The predicted octanol–water partition coefficient (Wildman–Crippen LogP) is 3.23. The first kappa shape index (κ1) is 14.3. The molecular formula is C14H17N3O2S. The maximum atomic E-state index is 11.6. The first-order valence-corrected chi connectivity index (χ1v) is 7.10. The molecule has 0 radical (unpaired) electrons. The lowest BCUT2D eigenvalue weighted by atomic mass is 10.1. The number of ether oxygens (including phenoxy) is 1. The molecule has 20 heavy (non-hydrogen) atoms. The van der Waals surface area contributed by atoms with Crippen LogP contribution >= 0.6 is 11.3 Å². The highest BCUT2D eigenvalue weighted by Gasteiger charge is 2.05. The van der Waals surface area contributed by atoms with Crippen molar-refractivity contribution in [1.29, 1.82) is 0 Å². The van der Waals surface area contributed by atoms with Crippen LogP contribution in [0.2, 0.25) is 0 Å². The largest absolute Gasteiger partial charge is 0.473 e. The van der Waals surface area contributed by atoms with Crippen LogP contribution in [-0.2, 0) is 0 Å². The molecule has 0 bridgehead atoms. The Morgan fingerprint density at radius 2 is 2.15 bits per heavy atom. The summed E-state index contributed by atoms with van der Waals surface area (Å²) >= 11 is 1.39. The van der Waals surface area contributed by atoms with E-state index in [-0.39, 0.29) is 12.8 Å². The zero-order valence-corrected chi connectivity index (χ0v) is 12.5. The van der Waals surface area contributed by atoms with Crippen LogP contribution in [0.4, 0.5) is 9.93 Å². The molecule has 0 saturated carbocycles. The third kappa shape index (κ3) is 3.71. The van der Waals surface area contributed by atoms with Gasteiger partial charge in [-0.15, -0.1) is 11.3 Å². The molecule has 0 spiro atoms. The molecule has 2 rings (SSSR count). The van der Waals surface area contributed by atoms with E-state index in [2.05, 4.69) is 15.6 Å². The summed E-state index contributed by atoms with van der Waals surface area (Å²) in [5.74, 6) is 0.774. The third-order valence-corrected chi connectivity index (χ3v) is 3.73. The number of thiazole rings is 1.